The fraction of sp³-hybridized carbons (Fsp3) is 1.00. The van der Waals surface area contributed by atoms with Crippen molar-refractivity contribution < 1.29 is 4.39 Å². The number of alkyl halides is 1. The molecule has 1 nitrogen and oxygen atoms in total. The molecule has 60 valence electrons. The van der Waals surface area contributed by atoms with E-state index in [-0.39, 0.29) is 0 Å². The van der Waals surface area contributed by atoms with Gasteiger partial charge in [-0.2, -0.15) is 0 Å². The van der Waals surface area contributed by atoms with Gasteiger partial charge in [-0.05, 0) is 25.8 Å². The minimum Gasteiger partial charge on any atom is -0.317 e. The number of rotatable bonds is 3. The van der Waals surface area contributed by atoms with Crippen molar-refractivity contribution in [1.29, 1.82) is 0 Å². The summed E-state index contributed by atoms with van der Waals surface area (Å²) >= 11 is 0. The van der Waals surface area contributed by atoms with E-state index in [1.165, 1.54) is 12.8 Å². The minimum absolute atomic E-state index is 0.354. The van der Waals surface area contributed by atoms with E-state index in [0.717, 1.165) is 12.8 Å². The molecule has 0 aromatic heterocycles. The first-order valence-corrected chi connectivity index (χ1v) is 4.13. The van der Waals surface area contributed by atoms with Gasteiger partial charge in [0.05, 0.1) is 0 Å². The summed E-state index contributed by atoms with van der Waals surface area (Å²) in [6.45, 7) is 0.532. The van der Waals surface area contributed by atoms with E-state index in [0.29, 0.717) is 12.5 Å². The summed E-state index contributed by atoms with van der Waals surface area (Å²) in [4.78, 5) is 0. The van der Waals surface area contributed by atoms with Crippen LogP contribution in [0.25, 0.3) is 0 Å². The summed E-state index contributed by atoms with van der Waals surface area (Å²) in [6.07, 6.45) is 4.06. The zero-order valence-corrected chi connectivity index (χ0v) is 6.57. The second-order valence-electron chi connectivity index (χ2n) is 3.12. The third kappa shape index (κ3) is 1.94. The van der Waals surface area contributed by atoms with E-state index in [2.05, 4.69) is 5.32 Å². The molecule has 1 atom stereocenters. The van der Waals surface area contributed by atoms with Crippen molar-refractivity contribution in [3.8, 4) is 0 Å². The van der Waals surface area contributed by atoms with Gasteiger partial charge in [-0.3, -0.25) is 0 Å². The lowest BCUT2D eigenvalue weighted by Gasteiger charge is -2.13. The van der Waals surface area contributed by atoms with Crippen molar-refractivity contribution in [2.45, 2.75) is 31.9 Å². The van der Waals surface area contributed by atoms with Crippen molar-refractivity contribution in [2.75, 3.05) is 13.6 Å². The highest BCUT2D eigenvalue weighted by Crippen LogP contribution is 2.28. The average molecular weight is 145 g/mol. The smallest absolute Gasteiger partial charge is 0.115 e. The van der Waals surface area contributed by atoms with Gasteiger partial charge in [0.25, 0.3) is 0 Å². The van der Waals surface area contributed by atoms with Gasteiger partial charge in [0.1, 0.15) is 6.17 Å². The Morgan fingerprint density at radius 2 is 2.10 bits per heavy atom. The number of halogens is 1. The maximum Gasteiger partial charge on any atom is 0.115 e. The Labute approximate surface area is 62.0 Å². The van der Waals surface area contributed by atoms with Crippen LogP contribution >= 0.6 is 0 Å². The monoisotopic (exact) mass is 145 g/mol. The van der Waals surface area contributed by atoms with Gasteiger partial charge >= 0.3 is 0 Å². The van der Waals surface area contributed by atoms with Crippen molar-refractivity contribution in [3.63, 3.8) is 0 Å². The molecule has 10 heavy (non-hydrogen) atoms. The molecule has 0 bridgehead atoms. The number of hydrogen-bond acceptors (Lipinski definition) is 1. The maximum absolute atomic E-state index is 13.0. The molecular weight excluding hydrogens is 129 g/mol. The van der Waals surface area contributed by atoms with Gasteiger partial charge in [-0.1, -0.05) is 12.8 Å². The number of nitrogens with one attached hydrogen (secondary N) is 1. The molecule has 1 N–H and O–H groups in total. The fourth-order valence-corrected chi connectivity index (χ4v) is 1.68. The molecule has 0 aromatic carbocycles. The van der Waals surface area contributed by atoms with E-state index >= 15 is 0 Å². The van der Waals surface area contributed by atoms with Crippen LogP contribution in [0.1, 0.15) is 25.7 Å². The molecule has 0 amide bonds. The lowest BCUT2D eigenvalue weighted by atomic mass is 10.0. The Hall–Kier alpha value is -0.110. The summed E-state index contributed by atoms with van der Waals surface area (Å²) < 4.78 is 13.0. The molecule has 0 aromatic rings. The van der Waals surface area contributed by atoms with Crippen LogP contribution in [0.15, 0.2) is 0 Å². The van der Waals surface area contributed by atoms with Gasteiger partial charge in [-0.15, -0.1) is 0 Å². The van der Waals surface area contributed by atoms with E-state index in [1.54, 1.807) is 0 Å². The maximum atomic E-state index is 13.0. The van der Waals surface area contributed by atoms with Crippen LogP contribution in [0.3, 0.4) is 0 Å². The van der Waals surface area contributed by atoms with Gasteiger partial charge in [0.15, 0.2) is 0 Å². The highest BCUT2D eigenvalue weighted by atomic mass is 19.1. The third-order valence-corrected chi connectivity index (χ3v) is 2.31. The lowest BCUT2D eigenvalue weighted by Crippen LogP contribution is -2.25. The van der Waals surface area contributed by atoms with Crippen LogP contribution < -0.4 is 5.32 Å². The van der Waals surface area contributed by atoms with Crippen LogP contribution in [0.5, 0.6) is 0 Å². The summed E-state index contributed by atoms with van der Waals surface area (Å²) in [6, 6.07) is 0. The summed E-state index contributed by atoms with van der Waals surface area (Å²) in [5.41, 5.74) is 0. The van der Waals surface area contributed by atoms with Gasteiger partial charge in [-0.25, -0.2) is 4.39 Å². The first-order chi connectivity index (χ1) is 4.84. The van der Waals surface area contributed by atoms with Crippen LogP contribution in [0.2, 0.25) is 0 Å². The molecule has 0 heterocycles. The molecule has 0 unspecified atom stereocenters. The molecule has 0 radical (unpaired) electrons. The second-order valence-corrected chi connectivity index (χ2v) is 3.12. The quantitative estimate of drug-likeness (QED) is 0.637. The minimum atomic E-state index is -0.604. The van der Waals surface area contributed by atoms with Crippen molar-refractivity contribution in [1.82, 2.24) is 5.32 Å². The Morgan fingerprint density at radius 3 is 2.60 bits per heavy atom. The molecule has 0 saturated heterocycles. The first kappa shape index (κ1) is 7.99. The highest BCUT2D eigenvalue weighted by molar-refractivity contribution is 4.75. The SMILES string of the molecule is CNC[C@@H](F)C1CCCC1. The molecular formula is C8H16FN. The molecule has 1 rings (SSSR count). The summed E-state index contributed by atoms with van der Waals surface area (Å²) in [7, 11) is 1.81. The molecule has 1 aliphatic rings. The van der Waals surface area contributed by atoms with E-state index < -0.39 is 6.17 Å². The topological polar surface area (TPSA) is 12.0 Å². The predicted molar refractivity (Wildman–Crippen MR) is 40.8 cm³/mol. The molecule has 1 saturated carbocycles. The van der Waals surface area contributed by atoms with Crippen LogP contribution in [-0.2, 0) is 0 Å². The zero-order valence-electron chi connectivity index (χ0n) is 6.57. The molecule has 0 spiro atoms. The normalized spacial score (nSPS) is 23.4. The Kier molecular flexibility index (Phi) is 3.13. The largest absolute Gasteiger partial charge is 0.317 e. The van der Waals surface area contributed by atoms with Crippen molar-refractivity contribution >= 4 is 0 Å². The molecule has 1 fully saturated rings. The van der Waals surface area contributed by atoms with Crippen molar-refractivity contribution in [3.05, 3.63) is 0 Å². The molecule has 0 aliphatic heterocycles. The van der Waals surface area contributed by atoms with Gasteiger partial charge in [0, 0.05) is 6.54 Å². The zero-order chi connectivity index (χ0) is 7.40. The van der Waals surface area contributed by atoms with E-state index in [4.69, 9.17) is 0 Å². The Balaban J connectivity index is 2.18. The lowest BCUT2D eigenvalue weighted by molar-refractivity contribution is 0.227. The average Bonchev–Trinajstić information content (AvgIpc) is 2.38. The standard InChI is InChI=1S/C8H16FN/c1-10-6-8(9)7-4-2-3-5-7/h7-8,10H,2-6H2,1H3/t8-/m1/s1. The van der Waals surface area contributed by atoms with Crippen LogP contribution in [0.4, 0.5) is 4.39 Å². The van der Waals surface area contributed by atoms with Crippen LogP contribution in [0, 0.1) is 5.92 Å². The van der Waals surface area contributed by atoms with E-state index in [9.17, 15) is 4.39 Å². The van der Waals surface area contributed by atoms with Crippen molar-refractivity contribution in [2.24, 2.45) is 5.92 Å². The summed E-state index contributed by atoms with van der Waals surface area (Å²) in [5.74, 6) is 0.354. The Morgan fingerprint density at radius 1 is 1.50 bits per heavy atom. The van der Waals surface area contributed by atoms with Gasteiger partial charge < -0.3 is 5.32 Å². The second kappa shape index (κ2) is 3.91. The highest BCUT2D eigenvalue weighted by Gasteiger charge is 2.23. The number of hydrogen-bond donors (Lipinski definition) is 1. The predicted octanol–water partition coefficient (Wildman–Crippen LogP) is 1.73. The third-order valence-electron chi connectivity index (χ3n) is 2.31. The summed E-state index contributed by atoms with van der Waals surface area (Å²) in [5, 5.41) is 2.87. The Bertz CT molecular complexity index is 89.3. The molecule has 2 heteroatoms. The first-order valence-electron chi connectivity index (χ1n) is 4.13. The van der Waals surface area contributed by atoms with Crippen LogP contribution in [-0.4, -0.2) is 19.8 Å². The van der Waals surface area contributed by atoms with E-state index in [1.807, 2.05) is 7.05 Å². The van der Waals surface area contributed by atoms with Gasteiger partial charge in [0.2, 0.25) is 0 Å². The molecule has 1 aliphatic carbocycles. The fourth-order valence-electron chi connectivity index (χ4n) is 1.68.